The fourth-order valence-electron chi connectivity index (χ4n) is 4.88. The number of hydrogen-bond donors (Lipinski definition) is 1. The minimum Gasteiger partial charge on any atom is -0.486 e. The molecule has 4 aromatic rings. The largest absolute Gasteiger partial charge is 0.486 e. The Morgan fingerprint density at radius 1 is 0.974 bits per heavy atom. The van der Waals surface area contributed by atoms with E-state index in [0.717, 1.165) is 43.6 Å². The van der Waals surface area contributed by atoms with E-state index >= 15 is 0 Å². The molecule has 38 heavy (non-hydrogen) atoms. The molecule has 1 N–H and O–H groups in total. The second kappa shape index (κ2) is 9.71. The van der Waals surface area contributed by atoms with Crippen LogP contribution >= 0.6 is 0 Å². The number of likely N-dealkylation sites (N-methyl/N-ethyl adjacent to an activating group) is 1. The smallest absolute Gasteiger partial charge is 0.230 e. The van der Waals surface area contributed by atoms with Crippen molar-refractivity contribution < 1.29 is 17.9 Å². The molecule has 0 aliphatic carbocycles. The van der Waals surface area contributed by atoms with Crippen LogP contribution in [0.1, 0.15) is 13.8 Å². The van der Waals surface area contributed by atoms with E-state index in [-0.39, 0.29) is 23.4 Å². The number of furan rings is 1. The molecule has 1 aromatic carbocycles. The molecule has 5 heterocycles. The number of hydrogen-bond acceptors (Lipinski definition) is 9. The molecule has 0 radical (unpaired) electrons. The highest BCUT2D eigenvalue weighted by molar-refractivity contribution is 5.80. The second-order valence-electron chi connectivity index (χ2n) is 9.92. The van der Waals surface area contributed by atoms with Gasteiger partial charge in [0.15, 0.2) is 23.3 Å². The quantitative estimate of drug-likeness (QED) is 0.403. The second-order valence-corrected chi connectivity index (χ2v) is 9.92. The molecule has 198 valence electrons. The van der Waals surface area contributed by atoms with Gasteiger partial charge in [-0.05, 0) is 45.2 Å². The monoisotopic (exact) mass is 521 g/mol. The Balaban J connectivity index is 1.28. The summed E-state index contributed by atoms with van der Waals surface area (Å²) in [6.07, 6.45) is 1.07. The Morgan fingerprint density at radius 3 is 2.58 bits per heavy atom. The maximum Gasteiger partial charge on any atom is 0.230 e. The molecular formula is C27H29F2N7O2. The molecule has 2 aliphatic heterocycles. The molecule has 0 spiro atoms. The Bertz CT molecular complexity index is 1480. The molecule has 11 heteroatoms. The summed E-state index contributed by atoms with van der Waals surface area (Å²) in [5.41, 5.74) is 1.34. The lowest BCUT2D eigenvalue weighted by molar-refractivity contribution is 0.287. The molecule has 0 amide bonds. The van der Waals surface area contributed by atoms with Gasteiger partial charge in [0, 0.05) is 49.2 Å². The van der Waals surface area contributed by atoms with Crippen molar-refractivity contribution in [3.63, 3.8) is 0 Å². The lowest BCUT2D eigenvalue weighted by Crippen LogP contribution is -2.44. The summed E-state index contributed by atoms with van der Waals surface area (Å²) in [5, 5.41) is 3.90. The van der Waals surface area contributed by atoms with Crippen LogP contribution in [0, 0.1) is 11.6 Å². The zero-order valence-corrected chi connectivity index (χ0v) is 21.5. The van der Waals surface area contributed by atoms with Crippen LogP contribution in [0.3, 0.4) is 0 Å². The van der Waals surface area contributed by atoms with Gasteiger partial charge >= 0.3 is 0 Å². The van der Waals surface area contributed by atoms with Crippen LogP contribution in [0.25, 0.3) is 22.4 Å². The summed E-state index contributed by atoms with van der Waals surface area (Å²) in [6.45, 7) is 8.76. The number of aromatic nitrogens is 3. The van der Waals surface area contributed by atoms with Crippen LogP contribution in [0.15, 0.2) is 40.9 Å². The van der Waals surface area contributed by atoms with Crippen LogP contribution in [0.5, 0.6) is 5.75 Å². The van der Waals surface area contributed by atoms with Crippen molar-refractivity contribution in [1.82, 2.24) is 19.9 Å². The number of ether oxygens (including phenoxy) is 1. The minimum absolute atomic E-state index is 0.0186. The molecule has 0 saturated carbocycles. The zero-order chi connectivity index (χ0) is 26.4. The van der Waals surface area contributed by atoms with Crippen molar-refractivity contribution in [2.24, 2.45) is 0 Å². The number of pyridine rings is 1. The molecule has 0 unspecified atom stereocenters. The van der Waals surface area contributed by atoms with E-state index in [1.165, 1.54) is 6.07 Å². The predicted molar refractivity (Wildman–Crippen MR) is 142 cm³/mol. The first-order valence-corrected chi connectivity index (χ1v) is 12.7. The maximum atomic E-state index is 15.0. The van der Waals surface area contributed by atoms with Gasteiger partial charge in [-0.15, -0.1) is 0 Å². The van der Waals surface area contributed by atoms with E-state index in [1.807, 2.05) is 30.9 Å². The molecule has 1 fully saturated rings. The Hall–Kier alpha value is -3.99. The lowest BCUT2D eigenvalue weighted by Gasteiger charge is -2.34. The standard InChI is InChI=1S/C27H29F2N7O2/c1-16(2)36-10-11-37-25-19(28)12-18(13-21(25)36)24-20(29)15-30-27(33-24)32-22-5-4-17-14-23(38-26(17)31-22)35-8-6-34(3)7-9-35/h4-5,12-16H,6-11H2,1-3H3,(H,30,31,32,33). The average Bonchev–Trinajstić information content (AvgIpc) is 3.33. The molecule has 9 nitrogen and oxygen atoms in total. The van der Waals surface area contributed by atoms with Crippen LogP contribution in [-0.2, 0) is 0 Å². The van der Waals surface area contributed by atoms with Crippen LogP contribution in [0.4, 0.5) is 32.1 Å². The third-order valence-electron chi connectivity index (χ3n) is 6.98. The third-order valence-corrected chi connectivity index (χ3v) is 6.98. The molecule has 2 aliphatic rings. The summed E-state index contributed by atoms with van der Waals surface area (Å²) in [6, 6.07) is 8.74. The highest BCUT2D eigenvalue weighted by atomic mass is 19.1. The summed E-state index contributed by atoms with van der Waals surface area (Å²) < 4.78 is 41.4. The first-order chi connectivity index (χ1) is 18.4. The number of piperazine rings is 1. The summed E-state index contributed by atoms with van der Waals surface area (Å²) in [7, 11) is 2.11. The van der Waals surface area contributed by atoms with E-state index in [4.69, 9.17) is 9.15 Å². The van der Waals surface area contributed by atoms with Gasteiger partial charge in [0.2, 0.25) is 11.7 Å². The highest BCUT2D eigenvalue weighted by Gasteiger charge is 2.26. The first-order valence-electron chi connectivity index (χ1n) is 12.7. The fraction of sp³-hybridized carbons (Fsp3) is 0.370. The van der Waals surface area contributed by atoms with Crippen molar-refractivity contribution in [2.45, 2.75) is 19.9 Å². The topological polar surface area (TPSA) is 82.8 Å². The fourth-order valence-corrected chi connectivity index (χ4v) is 4.88. The average molecular weight is 522 g/mol. The van der Waals surface area contributed by atoms with Crippen molar-refractivity contribution in [2.75, 3.05) is 61.5 Å². The molecule has 1 saturated heterocycles. The highest BCUT2D eigenvalue weighted by Crippen LogP contribution is 2.39. The first kappa shape index (κ1) is 24.4. The molecule has 6 rings (SSSR count). The Kier molecular flexibility index (Phi) is 6.22. The van der Waals surface area contributed by atoms with E-state index in [9.17, 15) is 8.78 Å². The number of nitrogens with one attached hydrogen (secondary N) is 1. The van der Waals surface area contributed by atoms with Crippen molar-refractivity contribution in [1.29, 1.82) is 0 Å². The third kappa shape index (κ3) is 4.58. The van der Waals surface area contributed by atoms with E-state index in [0.29, 0.717) is 35.9 Å². The Morgan fingerprint density at radius 2 is 1.79 bits per heavy atom. The van der Waals surface area contributed by atoms with Gasteiger partial charge < -0.3 is 29.2 Å². The van der Waals surface area contributed by atoms with Crippen LogP contribution < -0.4 is 19.9 Å². The van der Waals surface area contributed by atoms with Gasteiger partial charge in [-0.1, -0.05) is 0 Å². The van der Waals surface area contributed by atoms with Gasteiger partial charge in [0.05, 0.1) is 18.4 Å². The Labute approximate surface area is 219 Å². The van der Waals surface area contributed by atoms with Gasteiger partial charge in [-0.2, -0.15) is 4.98 Å². The number of benzene rings is 1. The van der Waals surface area contributed by atoms with Crippen molar-refractivity contribution in [3.05, 3.63) is 48.2 Å². The molecule has 3 aromatic heterocycles. The number of fused-ring (bicyclic) bond motifs is 2. The maximum absolute atomic E-state index is 15.0. The van der Waals surface area contributed by atoms with Gasteiger partial charge in [0.25, 0.3) is 0 Å². The normalized spacial score (nSPS) is 16.2. The van der Waals surface area contributed by atoms with Crippen LogP contribution in [-0.4, -0.2) is 72.3 Å². The summed E-state index contributed by atoms with van der Waals surface area (Å²) in [5.74, 6) is 0.324. The summed E-state index contributed by atoms with van der Waals surface area (Å²) in [4.78, 5) is 19.5. The molecule has 0 bridgehead atoms. The SMILES string of the molecule is CC(C)N1CCOc2c(F)cc(-c3nc(Nc4ccc5cc(N6CCN(C)CC6)oc5n4)ncc3F)cc21. The van der Waals surface area contributed by atoms with E-state index in [2.05, 4.69) is 37.1 Å². The number of rotatable bonds is 5. The van der Waals surface area contributed by atoms with E-state index < -0.39 is 11.6 Å². The lowest BCUT2D eigenvalue weighted by atomic mass is 10.1. The minimum atomic E-state index is -0.658. The van der Waals surface area contributed by atoms with Crippen molar-refractivity contribution in [3.8, 4) is 17.0 Å². The van der Waals surface area contributed by atoms with Crippen molar-refractivity contribution >= 4 is 34.4 Å². The number of nitrogens with zero attached hydrogens (tertiary/aromatic N) is 6. The number of anilines is 4. The van der Waals surface area contributed by atoms with Crippen LogP contribution in [0.2, 0.25) is 0 Å². The number of halogens is 2. The van der Waals surface area contributed by atoms with E-state index in [1.54, 1.807) is 12.1 Å². The zero-order valence-electron chi connectivity index (χ0n) is 21.5. The molecular weight excluding hydrogens is 492 g/mol. The van der Waals surface area contributed by atoms with Gasteiger partial charge in [-0.25, -0.2) is 18.7 Å². The predicted octanol–water partition coefficient (Wildman–Crippen LogP) is 4.67. The molecule has 0 atom stereocenters. The summed E-state index contributed by atoms with van der Waals surface area (Å²) >= 11 is 0. The van der Waals surface area contributed by atoms with Gasteiger partial charge in [0.1, 0.15) is 18.1 Å². The van der Waals surface area contributed by atoms with Gasteiger partial charge in [-0.3, -0.25) is 0 Å².